The van der Waals surface area contributed by atoms with E-state index in [1.165, 1.54) is 4.90 Å². The third-order valence-electron chi connectivity index (χ3n) is 3.95. The van der Waals surface area contributed by atoms with Crippen LogP contribution in [0.25, 0.3) is 0 Å². The van der Waals surface area contributed by atoms with E-state index in [-0.39, 0.29) is 35.9 Å². The molecule has 1 atom stereocenters. The lowest BCUT2D eigenvalue weighted by atomic mass is 9.99. The van der Waals surface area contributed by atoms with E-state index in [0.717, 1.165) is 25.3 Å². The van der Waals surface area contributed by atoms with Crippen molar-refractivity contribution in [1.82, 2.24) is 20.9 Å². The van der Waals surface area contributed by atoms with Crippen molar-refractivity contribution in [2.75, 3.05) is 26.7 Å². The number of rotatable bonds is 8. The Hall–Kier alpha value is -1.06. The van der Waals surface area contributed by atoms with E-state index in [2.05, 4.69) is 27.9 Å². The standard InChI is InChI=1S/C15H29N5O2.HI/c1-5-7-9-17-13(16-4)18-10-8-11-20-12(21)15(3,6-2)19-14(20)22;/h5-11H2,1-4H3,(H,19,22)(H2,16,17,18);1H. The SMILES string of the molecule is CCCCNC(=NC)NCCCN1C(=O)NC(C)(CC)C1=O.I. The Balaban J connectivity index is 0.00000484. The van der Waals surface area contributed by atoms with E-state index in [9.17, 15) is 9.59 Å². The van der Waals surface area contributed by atoms with Crippen LogP contribution in [0, 0.1) is 0 Å². The van der Waals surface area contributed by atoms with Crippen molar-refractivity contribution in [3.05, 3.63) is 0 Å². The zero-order chi connectivity index (χ0) is 16.6. The molecule has 0 spiro atoms. The number of carbonyl (C=O) groups excluding carboxylic acids is 2. The van der Waals surface area contributed by atoms with Gasteiger partial charge in [-0.15, -0.1) is 24.0 Å². The van der Waals surface area contributed by atoms with E-state index in [4.69, 9.17) is 0 Å². The molecule has 0 aromatic carbocycles. The third kappa shape index (κ3) is 6.15. The van der Waals surface area contributed by atoms with Gasteiger partial charge in [-0.25, -0.2) is 4.79 Å². The number of unbranched alkanes of at least 4 members (excludes halogenated alkanes) is 1. The summed E-state index contributed by atoms with van der Waals surface area (Å²) in [5.74, 6) is 0.620. The first-order chi connectivity index (χ1) is 10.5. The van der Waals surface area contributed by atoms with Gasteiger partial charge in [-0.2, -0.15) is 0 Å². The van der Waals surface area contributed by atoms with Crippen LogP contribution in [0.1, 0.15) is 46.5 Å². The van der Waals surface area contributed by atoms with Gasteiger partial charge < -0.3 is 16.0 Å². The molecule has 1 aliphatic rings. The van der Waals surface area contributed by atoms with Gasteiger partial charge in [0, 0.05) is 26.7 Å². The zero-order valence-corrected chi connectivity index (χ0v) is 16.9. The highest BCUT2D eigenvalue weighted by atomic mass is 127. The van der Waals surface area contributed by atoms with Crippen LogP contribution in [0.2, 0.25) is 0 Å². The van der Waals surface area contributed by atoms with E-state index in [0.29, 0.717) is 25.9 Å². The van der Waals surface area contributed by atoms with Crippen molar-refractivity contribution < 1.29 is 9.59 Å². The summed E-state index contributed by atoms with van der Waals surface area (Å²) in [5.41, 5.74) is -0.748. The lowest BCUT2D eigenvalue weighted by molar-refractivity contribution is -0.130. The van der Waals surface area contributed by atoms with Crippen LogP contribution < -0.4 is 16.0 Å². The highest BCUT2D eigenvalue weighted by molar-refractivity contribution is 14.0. The molecule has 0 bridgehead atoms. The minimum Gasteiger partial charge on any atom is -0.356 e. The summed E-state index contributed by atoms with van der Waals surface area (Å²) >= 11 is 0. The Kier molecular flexibility index (Phi) is 10.2. The second-order valence-electron chi connectivity index (χ2n) is 5.71. The number of aliphatic imine (C=N–C) groups is 1. The maximum absolute atomic E-state index is 12.2. The number of amides is 3. The van der Waals surface area contributed by atoms with E-state index in [1.54, 1.807) is 14.0 Å². The first kappa shape index (κ1) is 21.9. The normalized spacial score (nSPS) is 21.0. The fourth-order valence-electron chi connectivity index (χ4n) is 2.24. The van der Waals surface area contributed by atoms with Gasteiger partial charge in [-0.1, -0.05) is 20.3 Å². The maximum Gasteiger partial charge on any atom is 0.325 e. The van der Waals surface area contributed by atoms with E-state index < -0.39 is 5.54 Å². The van der Waals surface area contributed by atoms with Gasteiger partial charge in [0.2, 0.25) is 0 Å². The van der Waals surface area contributed by atoms with Crippen molar-refractivity contribution in [2.24, 2.45) is 4.99 Å². The van der Waals surface area contributed by atoms with E-state index in [1.807, 2.05) is 6.92 Å². The van der Waals surface area contributed by atoms with Crippen molar-refractivity contribution in [3.8, 4) is 0 Å². The van der Waals surface area contributed by atoms with Gasteiger partial charge in [0.15, 0.2) is 5.96 Å². The van der Waals surface area contributed by atoms with Crippen LogP contribution in [-0.4, -0.2) is 55.0 Å². The number of nitrogens with zero attached hydrogens (tertiary/aromatic N) is 2. The summed E-state index contributed by atoms with van der Waals surface area (Å²) in [5, 5.41) is 9.16. The summed E-state index contributed by atoms with van der Waals surface area (Å²) in [4.78, 5) is 29.5. The molecule has 0 saturated carbocycles. The van der Waals surface area contributed by atoms with Gasteiger partial charge >= 0.3 is 6.03 Å². The molecule has 134 valence electrons. The van der Waals surface area contributed by atoms with Crippen molar-refractivity contribution >= 4 is 41.9 Å². The summed E-state index contributed by atoms with van der Waals surface area (Å²) in [6.07, 6.45) is 3.51. The number of hydrogen-bond donors (Lipinski definition) is 3. The van der Waals surface area contributed by atoms with Crippen molar-refractivity contribution in [3.63, 3.8) is 0 Å². The lowest BCUT2D eigenvalue weighted by Crippen LogP contribution is -2.43. The topological polar surface area (TPSA) is 85.8 Å². The minimum atomic E-state index is -0.748. The highest BCUT2D eigenvalue weighted by Crippen LogP contribution is 2.20. The third-order valence-corrected chi connectivity index (χ3v) is 3.95. The van der Waals surface area contributed by atoms with Crippen LogP contribution in [0.3, 0.4) is 0 Å². The van der Waals surface area contributed by atoms with Crippen LogP contribution >= 0.6 is 24.0 Å². The quantitative estimate of drug-likeness (QED) is 0.177. The average molecular weight is 439 g/mol. The first-order valence-corrected chi connectivity index (χ1v) is 8.07. The average Bonchev–Trinajstić information content (AvgIpc) is 2.73. The molecule has 3 N–H and O–H groups in total. The van der Waals surface area contributed by atoms with Crippen molar-refractivity contribution in [1.29, 1.82) is 0 Å². The minimum absolute atomic E-state index is 0. The van der Waals surface area contributed by atoms with Gasteiger partial charge in [0.25, 0.3) is 5.91 Å². The molecule has 7 nitrogen and oxygen atoms in total. The number of carbonyl (C=O) groups is 2. The van der Waals surface area contributed by atoms with Gasteiger partial charge in [-0.3, -0.25) is 14.7 Å². The molecule has 0 aliphatic carbocycles. The molecule has 3 amide bonds. The molecule has 0 aromatic rings. The molecule has 0 radical (unpaired) electrons. The summed E-state index contributed by atoms with van der Waals surface area (Å²) < 4.78 is 0. The number of imide groups is 1. The van der Waals surface area contributed by atoms with E-state index >= 15 is 0 Å². The summed E-state index contributed by atoms with van der Waals surface area (Å²) in [7, 11) is 1.73. The highest BCUT2D eigenvalue weighted by Gasteiger charge is 2.45. The molecular weight excluding hydrogens is 409 g/mol. The number of urea groups is 1. The fourth-order valence-corrected chi connectivity index (χ4v) is 2.24. The molecule has 23 heavy (non-hydrogen) atoms. The Morgan fingerprint density at radius 1 is 1.22 bits per heavy atom. The summed E-state index contributed by atoms with van der Waals surface area (Å²) in [6, 6.07) is -0.292. The van der Waals surface area contributed by atoms with Crippen LogP contribution in [0.4, 0.5) is 4.79 Å². The zero-order valence-electron chi connectivity index (χ0n) is 14.6. The predicted octanol–water partition coefficient (Wildman–Crippen LogP) is 1.68. The smallest absolute Gasteiger partial charge is 0.325 e. The van der Waals surface area contributed by atoms with Crippen LogP contribution in [-0.2, 0) is 4.79 Å². The largest absolute Gasteiger partial charge is 0.356 e. The molecule has 0 aromatic heterocycles. The Labute approximate surface area is 156 Å². The van der Waals surface area contributed by atoms with Gasteiger partial charge in [0.1, 0.15) is 5.54 Å². The number of halogens is 1. The van der Waals surface area contributed by atoms with Crippen LogP contribution in [0.15, 0.2) is 4.99 Å². The summed E-state index contributed by atoms with van der Waals surface area (Å²) in [6.45, 7) is 7.77. The Bertz CT molecular complexity index is 430. The molecule has 1 fully saturated rings. The molecule has 1 heterocycles. The number of hydrogen-bond acceptors (Lipinski definition) is 3. The fraction of sp³-hybridized carbons (Fsp3) is 0.800. The predicted molar refractivity (Wildman–Crippen MR) is 103 cm³/mol. The van der Waals surface area contributed by atoms with Crippen molar-refractivity contribution in [2.45, 2.75) is 52.0 Å². The monoisotopic (exact) mass is 439 g/mol. The Morgan fingerprint density at radius 2 is 1.83 bits per heavy atom. The second-order valence-corrected chi connectivity index (χ2v) is 5.71. The Morgan fingerprint density at radius 3 is 2.30 bits per heavy atom. The maximum atomic E-state index is 12.2. The molecule has 1 unspecified atom stereocenters. The number of nitrogens with one attached hydrogen (secondary N) is 3. The molecule has 1 aliphatic heterocycles. The number of guanidine groups is 1. The first-order valence-electron chi connectivity index (χ1n) is 8.07. The van der Waals surface area contributed by atoms with Crippen LogP contribution in [0.5, 0.6) is 0 Å². The molecule has 8 heteroatoms. The lowest BCUT2D eigenvalue weighted by Gasteiger charge is -2.19. The molecule has 1 rings (SSSR count). The second kappa shape index (κ2) is 10.7. The molecular formula is C15H30IN5O2. The van der Waals surface area contributed by atoms with Gasteiger partial charge in [0.05, 0.1) is 0 Å². The molecule has 1 saturated heterocycles. The van der Waals surface area contributed by atoms with Gasteiger partial charge in [-0.05, 0) is 26.2 Å².